The predicted octanol–water partition coefficient (Wildman–Crippen LogP) is 3.53. The molecule has 0 saturated carbocycles. The Hall–Kier alpha value is -0.440. The molecule has 84 valence electrons. The molecular weight excluding hydrogens is 196 g/mol. The fourth-order valence-electron chi connectivity index (χ4n) is 0.867. The number of rotatable bonds is 6. The van der Waals surface area contributed by atoms with Crippen LogP contribution in [0.5, 0.6) is 0 Å². The summed E-state index contributed by atoms with van der Waals surface area (Å²) in [7, 11) is 0. The molecule has 1 N–H and O–H groups in total. The van der Waals surface area contributed by atoms with Crippen LogP contribution in [0.15, 0.2) is 12.7 Å². The van der Waals surface area contributed by atoms with Crippen LogP contribution >= 0.6 is 12.6 Å². The van der Waals surface area contributed by atoms with Gasteiger partial charge in [-0.2, -0.15) is 12.6 Å². The minimum absolute atomic E-state index is 0.599. The number of thiol groups is 1. The molecule has 0 saturated heterocycles. The van der Waals surface area contributed by atoms with Crippen molar-refractivity contribution in [2.45, 2.75) is 51.2 Å². The van der Waals surface area contributed by atoms with E-state index in [2.05, 4.69) is 33.1 Å². The van der Waals surface area contributed by atoms with E-state index in [9.17, 15) is 4.79 Å². The average molecular weight is 218 g/mol. The van der Waals surface area contributed by atoms with E-state index in [0.29, 0.717) is 5.25 Å². The first-order chi connectivity index (χ1) is 6.54. The minimum atomic E-state index is -0.981. The molecule has 0 aromatic rings. The molecule has 0 bridgehead atoms. The summed E-state index contributed by atoms with van der Waals surface area (Å²) >= 11 is 4.30. The van der Waals surface area contributed by atoms with Gasteiger partial charge >= 0.3 is 5.97 Å². The summed E-state index contributed by atoms with van der Waals surface area (Å²) in [5.74, 6) is -0.981. The zero-order chi connectivity index (χ0) is 11.4. The molecule has 0 aliphatic heterocycles. The molecule has 0 rings (SSSR count). The van der Waals surface area contributed by atoms with Gasteiger partial charge in [0.1, 0.15) is 0 Å². The fraction of sp³-hybridized carbons (Fsp3) is 0.727. The molecular formula is C11H22O2S. The van der Waals surface area contributed by atoms with Crippen molar-refractivity contribution in [3.05, 3.63) is 12.7 Å². The van der Waals surface area contributed by atoms with Crippen molar-refractivity contribution in [2.75, 3.05) is 0 Å². The Morgan fingerprint density at radius 3 is 2.29 bits per heavy atom. The Bertz CT molecular complexity index is 144. The number of unbranched alkanes of at least 4 members (excludes halogenated alkanes) is 3. The largest absolute Gasteiger partial charge is 0.478 e. The second kappa shape index (κ2) is 12.6. The Balaban J connectivity index is 0. The second-order valence-electron chi connectivity index (χ2n) is 3.24. The third kappa shape index (κ3) is 22.6. The second-order valence-corrected chi connectivity index (χ2v) is 4.12. The molecule has 14 heavy (non-hydrogen) atoms. The topological polar surface area (TPSA) is 37.3 Å². The van der Waals surface area contributed by atoms with Crippen LogP contribution in [0.4, 0.5) is 0 Å². The van der Waals surface area contributed by atoms with Crippen LogP contribution in [0.3, 0.4) is 0 Å². The van der Waals surface area contributed by atoms with Gasteiger partial charge in [-0.3, -0.25) is 0 Å². The number of carboxylic acids is 1. The van der Waals surface area contributed by atoms with Crippen molar-refractivity contribution in [1.82, 2.24) is 0 Å². The van der Waals surface area contributed by atoms with Crippen molar-refractivity contribution in [3.8, 4) is 0 Å². The third-order valence-electron chi connectivity index (χ3n) is 1.65. The minimum Gasteiger partial charge on any atom is -0.478 e. The Labute approximate surface area is 92.8 Å². The highest BCUT2D eigenvalue weighted by atomic mass is 32.1. The quantitative estimate of drug-likeness (QED) is 0.406. The van der Waals surface area contributed by atoms with E-state index in [1.807, 2.05) is 0 Å². The first-order valence-corrected chi connectivity index (χ1v) is 5.59. The maximum atomic E-state index is 9.25. The van der Waals surface area contributed by atoms with E-state index in [1.54, 1.807) is 0 Å². The van der Waals surface area contributed by atoms with Crippen molar-refractivity contribution >= 4 is 18.6 Å². The van der Waals surface area contributed by atoms with Gasteiger partial charge in [0.15, 0.2) is 0 Å². The Morgan fingerprint density at radius 1 is 1.50 bits per heavy atom. The molecule has 0 amide bonds. The van der Waals surface area contributed by atoms with E-state index in [-0.39, 0.29) is 0 Å². The van der Waals surface area contributed by atoms with E-state index in [1.165, 1.54) is 32.1 Å². The van der Waals surface area contributed by atoms with Crippen LogP contribution in [0.25, 0.3) is 0 Å². The molecule has 0 aromatic carbocycles. The Morgan fingerprint density at radius 2 is 2.00 bits per heavy atom. The standard InChI is InChI=1S/C8H18S.C3H4O2/c1-3-4-5-6-7-8(2)9;1-2-3(4)5/h8-9H,3-7H2,1-2H3;2H,1H2,(H,4,5). The summed E-state index contributed by atoms with van der Waals surface area (Å²) in [6, 6.07) is 0. The normalized spacial score (nSPS) is 11.1. The van der Waals surface area contributed by atoms with Gasteiger partial charge in [0.25, 0.3) is 0 Å². The van der Waals surface area contributed by atoms with Gasteiger partial charge in [-0.05, 0) is 11.7 Å². The van der Waals surface area contributed by atoms with E-state index >= 15 is 0 Å². The van der Waals surface area contributed by atoms with Crippen LogP contribution in [-0.2, 0) is 4.79 Å². The number of hydrogen-bond donors (Lipinski definition) is 2. The molecule has 0 radical (unpaired) electrons. The monoisotopic (exact) mass is 218 g/mol. The van der Waals surface area contributed by atoms with Crippen molar-refractivity contribution in [1.29, 1.82) is 0 Å². The first kappa shape index (κ1) is 16.0. The number of carbonyl (C=O) groups is 1. The average Bonchev–Trinajstić information content (AvgIpc) is 2.13. The lowest BCUT2D eigenvalue weighted by Crippen LogP contribution is -1.89. The zero-order valence-electron chi connectivity index (χ0n) is 9.20. The van der Waals surface area contributed by atoms with Gasteiger partial charge in [-0.25, -0.2) is 4.79 Å². The maximum Gasteiger partial charge on any atom is 0.327 e. The summed E-state index contributed by atoms with van der Waals surface area (Å²) in [6.45, 7) is 7.36. The highest BCUT2D eigenvalue weighted by molar-refractivity contribution is 7.80. The van der Waals surface area contributed by atoms with Crippen LogP contribution in [0, 0.1) is 0 Å². The highest BCUT2D eigenvalue weighted by Crippen LogP contribution is 2.08. The van der Waals surface area contributed by atoms with Crippen molar-refractivity contribution in [2.24, 2.45) is 0 Å². The lowest BCUT2D eigenvalue weighted by atomic mass is 10.1. The van der Waals surface area contributed by atoms with E-state index in [0.717, 1.165) is 6.08 Å². The molecule has 0 aromatic heterocycles. The molecule has 0 aliphatic rings. The highest BCUT2D eigenvalue weighted by Gasteiger charge is 1.92. The lowest BCUT2D eigenvalue weighted by molar-refractivity contribution is -0.131. The number of aliphatic carboxylic acids is 1. The Kier molecular flexibility index (Phi) is 14.4. The van der Waals surface area contributed by atoms with Gasteiger partial charge < -0.3 is 5.11 Å². The molecule has 0 fully saturated rings. The van der Waals surface area contributed by atoms with Crippen LogP contribution in [0.1, 0.15) is 46.0 Å². The van der Waals surface area contributed by atoms with Gasteiger partial charge in [0, 0.05) is 6.08 Å². The molecule has 1 atom stereocenters. The predicted molar refractivity (Wildman–Crippen MR) is 65.0 cm³/mol. The van der Waals surface area contributed by atoms with E-state index in [4.69, 9.17) is 5.11 Å². The molecule has 1 unspecified atom stereocenters. The molecule has 3 heteroatoms. The SMILES string of the molecule is C=CC(=O)O.CCCCCCC(C)S. The van der Waals surface area contributed by atoms with Gasteiger partial charge in [0.05, 0.1) is 0 Å². The first-order valence-electron chi connectivity index (χ1n) is 5.08. The van der Waals surface area contributed by atoms with Gasteiger partial charge in [0.2, 0.25) is 0 Å². The molecule has 0 heterocycles. The summed E-state index contributed by atoms with van der Waals surface area (Å²) in [4.78, 5) is 9.25. The van der Waals surface area contributed by atoms with Crippen LogP contribution < -0.4 is 0 Å². The fourth-order valence-corrected chi connectivity index (χ4v) is 1.05. The van der Waals surface area contributed by atoms with Gasteiger partial charge in [-0.1, -0.05) is 46.1 Å². The molecule has 2 nitrogen and oxygen atoms in total. The summed E-state index contributed by atoms with van der Waals surface area (Å²) < 4.78 is 0. The zero-order valence-corrected chi connectivity index (χ0v) is 10.1. The van der Waals surface area contributed by atoms with Gasteiger partial charge in [-0.15, -0.1) is 0 Å². The maximum absolute atomic E-state index is 9.25. The summed E-state index contributed by atoms with van der Waals surface area (Å²) in [6.07, 6.45) is 7.59. The summed E-state index contributed by atoms with van der Waals surface area (Å²) in [5.41, 5.74) is 0. The molecule has 0 aliphatic carbocycles. The lowest BCUT2D eigenvalue weighted by Gasteiger charge is -2.01. The van der Waals surface area contributed by atoms with Crippen molar-refractivity contribution < 1.29 is 9.90 Å². The third-order valence-corrected chi connectivity index (χ3v) is 1.91. The van der Waals surface area contributed by atoms with Crippen LogP contribution in [-0.4, -0.2) is 16.3 Å². The number of hydrogen-bond acceptors (Lipinski definition) is 2. The molecule has 0 spiro atoms. The van der Waals surface area contributed by atoms with Crippen molar-refractivity contribution in [3.63, 3.8) is 0 Å². The van der Waals surface area contributed by atoms with E-state index < -0.39 is 5.97 Å². The number of carboxylic acid groups (broad SMARTS) is 1. The summed E-state index contributed by atoms with van der Waals surface area (Å²) in [5, 5.41) is 8.20. The van der Waals surface area contributed by atoms with Crippen LogP contribution in [0.2, 0.25) is 0 Å². The smallest absolute Gasteiger partial charge is 0.327 e.